The summed E-state index contributed by atoms with van der Waals surface area (Å²) in [6.07, 6.45) is 8.59. The van der Waals surface area contributed by atoms with Gasteiger partial charge < -0.3 is 9.97 Å². The number of rotatable bonds is 5. The van der Waals surface area contributed by atoms with Crippen molar-refractivity contribution < 1.29 is 13.2 Å². The number of fused-ring (bicyclic) bond motifs is 4. The van der Waals surface area contributed by atoms with E-state index in [1.807, 2.05) is 18.2 Å². The van der Waals surface area contributed by atoms with Crippen LogP contribution in [0.2, 0.25) is 0 Å². The van der Waals surface area contributed by atoms with Crippen LogP contribution in [0.4, 0.5) is 0 Å². The van der Waals surface area contributed by atoms with Gasteiger partial charge in [0.25, 0.3) is 15.9 Å². The van der Waals surface area contributed by atoms with E-state index < -0.39 is 15.9 Å². The molecule has 3 heterocycles. The second kappa shape index (κ2) is 9.73. The summed E-state index contributed by atoms with van der Waals surface area (Å²) in [7, 11) is -2.31. The Morgan fingerprint density at radius 2 is 1.60 bits per heavy atom. The number of aromatic nitrogens is 2. The quantitative estimate of drug-likeness (QED) is 0.255. The average Bonchev–Trinajstić information content (AvgIpc) is 3.15. The van der Waals surface area contributed by atoms with Crippen molar-refractivity contribution in [1.82, 2.24) is 14.3 Å². The molecule has 0 saturated carbocycles. The van der Waals surface area contributed by atoms with E-state index in [1.54, 1.807) is 49.6 Å². The number of aliphatic imine (C=N–C) groups is 1. The number of carbonyl (C=O) groups excluding carboxylic acids is 1. The lowest BCUT2D eigenvalue weighted by molar-refractivity contribution is 0.0880. The number of hydrogen-bond acceptors (Lipinski definition) is 6. The van der Waals surface area contributed by atoms with Crippen molar-refractivity contribution >= 4 is 39.1 Å². The maximum Gasteiger partial charge on any atom is 0.269 e. The minimum absolute atomic E-state index is 0.00693. The minimum Gasteiger partial charge on any atom is -0.358 e. The summed E-state index contributed by atoms with van der Waals surface area (Å²) < 4.78 is 26.3. The van der Waals surface area contributed by atoms with E-state index in [-0.39, 0.29) is 34.3 Å². The highest BCUT2D eigenvalue weighted by molar-refractivity contribution is 7.90. The Labute approximate surface area is 229 Å². The summed E-state index contributed by atoms with van der Waals surface area (Å²) >= 11 is 0. The van der Waals surface area contributed by atoms with Crippen molar-refractivity contribution in [2.75, 3.05) is 13.6 Å². The standard InChI is InChI=1S/C30H24N4O5S/c1-31-17-22-24(11-3-2-8-14-34-30(37)19-10-5-7-13-27(19)40(34,38)39)33-26-15-20-25(16-21(26)29(22)36)32-23-12-6-4-9-18(23)28(20)35/h2-13,17H,14-16H2,1H3,(H,32,35)(H,33,36)/b8-2+,11-3-,31-17?. The van der Waals surface area contributed by atoms with E-state index in [1.165, 1.54) is 18.3 Å². The molecule has 2 aromatic carbocycles. The molecule has 0 radical (unpaired) electrons. The largest absolute Gasteiger partial charge is 0.358 e. The van der Waals surface area contributed by atoms with Crippen LogP contribution in [0, 0.1) is 0 Å². The highest BCUT2D eigenvalue weighted by atomic mass is 32.2. The number of benzene rings is 2. The second-order valence-corrected chi connectivity index (χ2v) is 11.4. The van der Waals surface area contributed by atoms with Crippen LogP contribution in [0.5, 0.6) is 0 Å². The van der Waals surface area contributed by atoms with Crippen LogP contribution in [0.3, 0.4) is 0 Å². The molecular formula is C30H24N4O5S. The Kier molecular flexibility index (Phi) is 6.19. The van der Waals surface area contributed by atoms with E-state index in [9.17, 15) is 22.8 Å². The average molecular weight is 553 g/mol. The molecule has 1 aliphatic heterocycles. The van der Waals surface area contributed by atoms with Gasteiger partial charge in [0.15, 0.2) is 10.9 Å². The first-order chi connectivity index (χ1) is 19.3. The highest BCUT2D eigenvalue weighted by Gasteiger charge is 2.39. The fourth-order valence-corrected chi connectivity index (χ4v) is 6.79. The van der Waals surface area contributed by atoms with Crippen molar-refractivity contribution in [1.29, 1.82) is 0 Å². The number of amides is 1. The van der Waals surface area contributed by atoms with Gasteiger partial charge in [-0.05, 0) is 30.3 Å². The number of H-pyrrole nitrogens is 2. The molecule has 2 aromatic heterocycles. The Morgan fingerprint density at radius 3 is 2.38 bits per heavy atom. The zero-order valence-electron chi connectivity index (χ0n) is 21.5. The fraction of sp³-hybridized carbons (Fsp3) is 0.133. The van der Waals surface area contributed by atoms with Crippen LogP contribution in [0.25, 0.3) is 17.0 Å². The Bertz CT molecular complexity index is 2030. The second-order valence-electron chi connectivity index (χ2n) is 9.56. The molecule has 6 rings (SSSR count). The summed E-state index contributed by atoms with van der Waals surface area (Å²) in [6, 6.07) is 13.4. The minimum atomic E-state index is -3.89. The molecule has 2 aliphatic rings. The van der Waals surface area contributed by atoms with Crippen LogP contribution in [-0.4, -0.2) is 48.4 Å². The SMILES string of the molecule is CN=Cc1c(/C=C\C=C\CN2C(=O)c3ccccc3S2(=O)=O)[nH]c2c(c1=O)Cc1[nH]c3ccccc3c(=O)c1C2. The summed E-state index contributed by atoms with van der Waals surface area (Å²) in [5, 5.41) is 0.605. The van der Waals surface area contributed by atoms with Gasteiger partial charge in [0, 0.05) is 59.5 Å². The number of para-hydroxylation sites is 1. The first kappa shape index (κ1) is 25.4. The Balaban J connectivity index is 1.29. The van der Waals surface area contributed by atoms with Gasteiger partial charge in [0.1, 0.15) is 4.90 Å². The lowest BCUT2D eigenvalue weighted by Crippen LogP contribution is -2.30. The predicted molar refractivity (Wildman–Crippen MR) is 154 cm³/mol. The molecule has 0 spiro atoms. The van der Waals surface area contributed by atoms with Crippen LogP contribution >= 0.6 is 0 Å². The monoisotopic (exact) mass is 552 g/mol. The maximum atomic E-state index is 13.5. The van der Waals surface area contributed by atoms with Crippen molar-refractivity contribution in [3.8, 4) is 0 Å². The van der Waals surface area contributed by atoms with E-state index in [2.05, 4.69) is 15.0 Å². The van der Waals surface area contributed by atoms with Gasteiger partial charge in [0.2, 0.25) is 0 Å². The topological polar surface area (TPSA) is 133 Å². The smallest absolute Gasteiger partial charge is 0.269 e. The van der Waals surface area contributed by atoms with Crippen molar-refractivity contribution in [3.63, 3.8) is 0 Å². The molecule has 0 bridgehead atoms. The van der Waals surface area contributed by atoms with Crippen molar-refractivity contribution in [3.05, 3.63) is 127 Å². The third kappa shape index (κ3) is 4.04. The number of carbonyl (C=O) groups is 1. The Hall–Kier alpha value is -4.83. The Morgan fingerprint density at radius 1 is 0.900 bits per heavy atom. The fourth-order valence-electron chi connectivity index (χ4n) is 5.27. The molecule has 4 aromatic rings. The molecule has 0 saturated heterocycles. The van der Waals surface area contributed by atoms with E-state index in [4.69, 9.17) is 0 Å². The third-order valence-corrected chi connectivity index (χ3v) is 9.02. The zero-order valence-corrected chi connectivity index (χ0v) is 22.3. The highest BCUT2D eigenvalue weighted by Crippen LogP contribution is 2.29. The van der Waals surface area contributed by atoms with Crippen molar-refractivity contribution in [2.24, 2.45) is 4.99 Å². The van der Waals surface area contributed by atoms with Crippen LogP contribution in [0.15, 0.2) is 86.2 Å². The summed E-state index contributed by atoms with van der Waals surface area (Å²) in [4.78, 5) is 50.0. The molecular weight excluding hydrogens is 528 g/mol. The van der Waals surface area contributed by atoms with Gasteiger partial charge in [-0.25, -0.2) is 12.7 Å². The number of sulfonamides is 1. The van der Waals surface area contributed by atoms with Gasteiger partial charge in [-0.15, -0.1) is 0 Å². The van der Waals surface area contributed by atoms with E-state index in [0.717, 1.165) is 15.5 Å². The van der Waals surface area contributed by atoms with Gasteiger partial charge in [0.05, 0.1) is 23.4 Å². The molecule has 0 fully saturated rings. The van der Waals surface area contributed by atoms with Gasteiger partial charge in [-0.3, -0.25) is 19.4 Å². The number of allylic oxidation sites excluding steroid dienone is 2. The molecule has 2 N–H and O–H groups in total. The van der Waals surface area contributed by atoms with Crippen LogP contribution < -0.4 is 10.9 Å². The van der Waals surface area contributed by atoms with E-state index >= 15 is 0 Å². The first-order valence-corrected chi connectivity index (χ1v) is 14.1. The lowest BCUT2D eigenvalue weighted by atomic mass is 9.89. The number of nitrogens with zero attached hydrogens (tertiary/aromatic N) is 2. The van der Waals surface area contributed by atoms with Gasteiger partial charge >= 0.3 is 0 Å². The normalized spacial score (nSPS) is 15.8. The van der Waals surface area contributed by atoms with E-state index in [0.29, 0.717) is 39.9 Å². The predicted octanol–water partition coefficient (Wildman–Crippen LogP) is 3.17. The molecule has 200 valence electrons. The number of pyridine rings is 2. The summed E-state index contributed by atoms with van der Waals surface area (Å²) in [5.41, 5.74) is 4.18. The number of aromatic amines is 2. The molecule has 0 atom stereocenters. The molecule has 1 amide bonds. The first-order valence-electron chi connectivity index (χ1n) is 12.6. The van der Waals surface area contributed by atoms with Gasteiger partial charge in [-0.1, -0.05) is 42.5 Å². The molecule has 0 unspecified atom stereocenters. The summed E-state index contributed by atoms with van der Waals surface area (Å²) in [6.45, 7) is -0.127. The van der Waals surface area contributed by atoms with Crippen LogP contribution in [0.1, 0.15) is 44.1 Å². The molecule has 1 aliphatic carbocycles. The molecule has 10 heteroatoms. The third-order valence-electron chi connectivity index (χ3n) is 7.21. The number of hydrogen-bond donors (Lipinski definition) is 2. The molecule has 40 heavy (non-hydrogen) atoms. The zero-order chi connectivity index (χ0) is 28.0. The summed E-state index contributed by atoms with van der Waals surface area (Å²) in [5.74, 6) is -0.562. The maximum absolute atomic E-state index is 13.5. The van der Waals surface area contributed by atoms with Crippen LogP contribution in [-0.2, 0) is 22.9 Å². The van der Waals surface area contributed by atoms with Crippen molar-refractivity contribution in [2.45, 2.75) is 17.7 Å². The molecule has 9 nitrogen and oxygen atoms in total. The van der Waals surface area contributed by atoms with Gasteiger partial charge in [-0.2, -0.15) is 0 Å². The number of nitrogens with one attached hydrogen (secondary N) is 2. The lowest BCUT2D eigenvalue weighted by Gasteiger charge is -2.20.